The van der Waals surface area contributed by atoms with E-state index in [2.05, 4.69) is 10.2 Å². The van der Waals surface area contributed by atoms with Crippen LogP contribution in [-0.4, -0.2) is 23.1 Å². The quantitative estimate of drug-likeness (QED) is 0.249. The minimum absolute atomic E-state index is 0.0619. The van der Waals surface area contributed by atoms with E-state index in [9.17, 15) is 4.79 Å². The van der Waals surface area contributed by atoms with Crippen LogP contribution in [0.3, 0.4) is 0 Å². The molecule has 0 unspecified atom stereocenters. The number of carbonyl (C=O) groups is 1. The number of carbonyl (C=O) groups excluding carboxylic acids is 1. The van der Waals surface area contributed by atoms with Crippen LogP contribution in [0.1, 0.15) is 21.5 Å². The third kappa shape index (κ3) is 4.96. The van der Waals surface area contributed by atoms with Crippen LogP contribution in [0.15, 0.2) is 101 Å². The van der Waals surface area contributed by atoms with E-state index in [1.165, 1.54) is 5.56 Å². The van der Waals surface area contributed by atoms with Gasteiger partial charge in [0.2, 0.25) is 11.8 Å². The molecule has 172 valence electrons. The van der Waals surface area contributed by atoms with E-state index in [4.69, 9.17) is 13.9 Å². The van der Waals surface area contributed by atoms with E-state index in [1.54, 1.807) is 55.6 Å². The molecule has 35 heavy (non-hydrogen) atoms. The van der Waals surface area contributed by atoms with Crippen molar-refractivity contribution in [1.82, 2.24) is 10.2 Å². The molecule has 5 aromatic rings. The van der Waals surface area contributed by atoms with Gasteiger partial charge in [-0.25, -0.2) is 0 Å². The molecule has 0 aliphatic rings. The van der Waals surface area contributed by atoms with Crippen molar-refractivity contribution in [1.29, 1.82) is 0 Å². The van der Waals surface area contributed by atoms with E-state index in [-0.39, 0.29) is 5.78 Å². The van der Waals surface area contributed by atoms with Gasteiger partial charge in [0, 0.05) is 22.3 Å². The number of aryl methyl sites for hydroxylation is 1. The molecule has 0 saturated carbocycles. The lowest BCUT2D eigenvalue weighted by Crippen LogP contribution is -2.01. The molecule has 6 heteroatoms. The second-order valence-electron chi connectivity index (χ2n) is 7.99. The predicted molar refractivity (Wildman–Crippen MR) is 133 cm³/mol. The molecule has 0 amide bonds. The Morgan fingerprint density at radius 3 is 1.54 bits per heavy atom. The van der Waals surface area contributed by atoms with Gasteiger partial charge in [-0.15, -0.1) is 10.2 Å². The number of ketones is 1. The number of rotatable bonds is 7. The highest BCUT2D eigenvalue weighted by atomic mass is 16.5. The zero-order valence-electron chi connectivity index (χ0n) is 19.3. The van der Waals surface area contributed by atoms with Crippen molar-refractivity contribution in [2.45, 2.75) is 6.92 Å². The highest BCUT2D eigenvalue weighted by Gasteiger charge is 2.12. The zero-order valence-corrected chi connectivity index (χ0v) is 19.3. The third-order valence-corrected chi connectivity index (χ3v) is 5.53. The maximum absolute atomic E-state index is 12.7. The van der Waals surface area contributed by atoms with Crippen LogP contribution in [0.5, 0.6) is 17.2 Å². The van der Waals surface area contributed by atoms with Crippen molar-refractivity contribution in [2.24, 2.45) is 0 Å². The minimum atomic E-state index is -0.0619. The maximum atomic E-state index is 12.7. The minimum Gasteiger partial charge on any atom is -0.497 e. The van der Waals surface area contributed by atoms with Crippen molar-refractivity contribution < 1.29 is 18.7 Å². The Morgan fingerprint density at radius 2 is 1.06 bits per heavy atom. The molecule has 5 rings (SSSR count). The van der Waals surface area contributed by atoms with Crippen LogP contribution in [0, 0.1) is 6.92 Å². The molecule has 0 fully saturated rings. The Hall–Kier alpha value is -4.71. The van der Waals surface area contributed by atoms with Crippen LogP contribution in [0.25, 0.3) is 22.9 Å². The van der Waals surface area contributed by atoms with E-state index in [1.807, 2.05) is 55.5 Å². The van der Waals surface area contributed by atoms with Gasteiger partial charge in [-0.3, -0.25) is 4.79 Å². The lowest BCUT2D eigenvalue weighted by atomic mass is 10.0. The standard InChI is InChI=1S/C29H22N2O4/c1-19-3-5-22(6-4-19)28-30-31-29(35-28)23-11-17-26(18-12-23)34-25-15-9-21(10-16-25)27(32)20-7-13-24(33-2)14-8-20/h3-18H,1-2H3. The molecule has 0 spiro atoms. The number of aromatic nitrogens is 2. The fourth-order valence-corrected chi connectivity index (χ4v) is 3.54. The highest BCUT2D eigenvalue weighted by molar-refractivity contribution is 6.09. The Labute approximate surface area is 202 Å². The summed E-state index contributed by atoms with van der Waals surface area (Å²) in [4.78, 5) is 12.7. The fourth-order valence-electron chi connectivity index (χ4n) is 3.54. The molecule has 0 bridgehead atoms. The number of benzene rings is 4. The lowest BCUT2D eigenvalue weighted by Gasteiger charge is -2.07. The highest BCUT2D eigenvalue weighted by Crippen LogP contribution is 2.28. The second-order valence-corrected chi connectivity index (χ2v) is 7.99. The van der Waals surface area contributed by atoms with E-state index >= 15 is 0 Å². The first-order valence-electron chi connectivity index (χ1n) is 11.1. The molecule has 1 heterocycles. The van der Waals surface area contributed by atoms with Gasteiger partial charge < -0.3 is 13.9 Å². The average Bonchev–Trinajstić information content (AvgIpc) is 3.40. The molecule has 0 aliphatic heterocycles. The lowest BCUT2D eigenvalue weighted by molar-refractivity contribution is 0.103. The number of nitrogens with zero attached hydrogens (tertiary/aromatic N) is 2. The van der Waals surface area contributed by atoms with Crippen LogP contribution in [0.2, 0.25) is 0 Å². The normalized spacial score (nSPS) is 10.7. The predicted octanol–water partition coefficient (Wildman–Crippen LogP) is 6.74. The van der Waals surface area contributed by atoms with Crippen LogP contribution >= 0.6 is 0 Å². The molecule has 0 saturated heterocycles. The monoisotopic (exact) mass is 462 g/mol. The topological polar surface area (TPSA) is 74.5 Å². The second kappa shape index (κ2) is 9.65. The number of hydrogen-bond acceptors (Lipinski definition) is 6. The summed E-state index contributed by atoms with van der Waals surface area (Å²) < 4.78 is 16.9. The summed E-state index contributed by atoms with van der Waals surface area (Å²) in [6.45, 7) is 2.03. The summed E-state index contributed by atoms with van der Waals surface area (Å²) in [5, 5.41) is 8.32. The first-order valence-corrected chi connectivity index (χ1v) is 11.1. The van der Waals surface area contributed by atoms with Crippen LogP contribution in [0.4, 0.5) is 0 Å². The molecule has 4 aromatic carbocycles. The van der Waals surface area contributed by atoms with Gasteiger partial charge in [-0.2, -0.15) is 0 Å². The van der Waals surface area contributed by atoms with Crippen molar-refractivity contribution >= 4 is 5.78 Å². The Balaban J connectivity index is 1.25. The molecule has 0 radical (unpaired) electrons. The molecular formula is C29H22N2O4. The van der Waals surface area contributed by atoms with E-state index in [0.717, 1.165) is 11.1 Å². The SMILES string of the molecule is COc1ccc(C(=O)c2ccc(Oc3ccc(-c4nnc(-c5ccc(C)cc5)o4)cc3)cc2)cc1. The van der Waals surface area contributed by atoms with E-state index in [0.29, 0.717) is 40.2 Å². The molecule has 0 N–H and O–H groups in total. The average molecular weight is 463 g/mol. The fraction of sp³-hybridized carbons (Fsp3) is 0.0690. The Morgan fingerprint density at radius 1 is 0.629 bits per heavy atom. The van der Waals surface area contributed by atoms with Gasteiger partial charge in [0.15, 0.2) is 5.78 Å². The largest absolute Gasteiger partial charge is 0.497 e. The first kappa shape index (κ1) is 22.1. The Kier molecular flexibility index (Phi) is 6.09. The maximum Gasteiger partial charge on any atom is 0.248 e. The van der Waals surface area contributed by atoms with Crippen molar-refractivity contribution in [3.05, 3.63) is 114 Å². The van der Waals surface area contributed by atoms with Crippen LogP contribution in [-0.2, 0) is 0 Å². The van der Waals surface area contributed by atoms with Crippen molar-refractivity contribution in [2.75, 3.05) is 7.11 Å². The Bertz CT molecular complexity index is 1440. The summed E-state index contributed by atoms with van der Waals surface area (Å²) in [7, 11) is 1.59. The third-order valence-electron chi connectivity index (χ3n) is 5.53. The van der Waals surface area contributed by atoms with Gasteiger partial charge in [0.05, 0.1) is 7.11 Å². The summed E-state index contributed by atoms with van der Waals surface area (Å²) >= 11 is 0. The molecule has 0 atom stereocenters. The molecule has 6 nitrogen and oxygen atoms in total. The molecular weight excluding hydrogens is 440 g/mol. The van der Waals surface area contributed by atoms with Gasteiger partial charge in [-0.05, 0) is 91.9 Å². The van der Waals surface area contributed by atoms with Crippen LogP contribution < -0.4 is 9.47 Å². The number of ether oxygens (including phenoxy) is 2. The van der Waals surface area contributed by atoms with Gasteiger partial charge in [-0.1, -0.05) is 17.7 Å². The number of methoxy groups -OCH3 is 1. The summed E-state index contributed by atoms with van der Waals surface area (Å²) in [5.41, 5.74) is 4.02. The van der Waals surface area contributed by atoms with E-state index < -0.39 is 0 Å². The molecule has 1 aromatic heterocycles. The van der Waals surface area contributed by atoms with Gasteiger partial charge in [0.1, 0.15) is 17.2 Å². The van der Waals surface area contributed by atoms with Gasteiger partial charge >= 0.3 is 0 Å². The smallest absolute Gasteiger partial charge is 0.248 e. The first-order chi connectivity index (χ1) is 17.1. The van der Waals surface area contributed by atoms with Crippen molar-refractivity contribution in [3.8, 4) is 40.2 Å². The molecule has 0 aliphatic carbocycles. The van der Waals surface area contributed by atoms with Crippen molar-refractivity contribution in [3.63, 3.8) is 0 Å². The van der Waals surface area contributed by atoms with Gasteiger partial charge in [0.25, 0.3) is 0 Å². The summed E-state index contributed by atoms with van der Waals surface area (Å²) in [5.74, 6) is 2.85. The summed E-state index contributed by atoms with van der Waals surface area (Å²) in [6, 6.07) is 29.4. The summed E-state index contributed by atoms with van der Waals surface area (Å²) in [6.07, 6.45) is 0. The zero-order chi connectivity index (χ0) is 24.2. The number of hydrogen-bond donors (Lipinski definition) is 0.